The lowest BCUT2D eigenvalue weighted by molar-refractivity contribution is 0.305. The van der Waals surface area contributed by atoms with Gasteiger partial charge in [-0.3, -0.25) is 0 Å². The molecule has 2 heterocycles. The maximum Gasteiger partial charge on any atom is 0.324 e. The van der Waals surface area contributed by atoms with E-state index in [2.05, 4.69) is 15.3 Å². The van der Waals surface area contributed by atoms with Crippen LogP contribution in [0.5, 0.6) is 5.75 Å². The normalized spacial score (nSPS) is 13.6. The van der Waals surface area contributed by atoms with Crippen LogP contribution in [0, 0.1) is 0 Å². The summed E-state index contributed by atoms with van der Waals surface area (Å²) in [5, 5.41) is 23.8. The van der Waals surface area contributed by atoms with E-state index < -0.39 is 6.92 Å². The second-order valence-electron chi connectivity index (χ2n) is 7.38. The van der Waals surface area contributed by atoms with Crippen molar-refractivity contribution in [2.45, 2.75) is 25.8 Å². The summed E-state index contributed by atoms with van der Waals surface area (Å²) in [6, 6.07) is 11.7. The van der Waals surface area contributed by atoms with E-state index in [4.69, 9.17) is 10.5 Å². The number of aromatic nitrogens is 4. The number of hydrogen-bond donors (Lipinski definition) is 2. The van der Waals surface area contributed by atoms with E-state index in [9.17, 15) is 5.02 Å². The fourth-order valence-corrected chi connectivity index (χ4v) is 3.46. The van der Waals surface area contributed by atoms with Crippen molar-refractivity contribution in [1.82, 2.24) is 20.0 Å². The largest absolute Gasteiger partial charge is 0.491 e. The lowest BCUT2D eigenvalue weighted by Crippen LogP contribution is -2.29. The van der Waals surface area contributed by atoms with Crippen molar-refractivity contribution in [3.8, 4) is 22.6 Å². The summed E-state index contributed by atoms with van der Waals surface area (Å²) in [6.45, 7) is 1.09. The maximum absolute atomic E-state index is 10.4. The summed E-state index contributed by atoms with van der Waals surface area (Å²) in [5.41, 5.74) is 10.8. The number of nitrogens with zero attached hydrogens (tertiary/aromatic N) is 4. The van der Waals surface area contributed by atoms with Crippen molar-refractivity contribution >= 4 is 29.0 Å². The fourth-order valence-electron chi connectivity index (χ4n) is 3.46. The predicted molar refractivity (Wildman–Crippen MR) is 114 cm³/mol. The zero-order valence-electron chi connectivity index (χ0n) is 16.0. The minimum absolute atomic E-state index is 0.225. The number of nitrogen functional groups attached to an aromatic ring is 1. The number of fused-ring (bicyclic) bond motifs is 1. The van der Waals surface area contributed by atoms with Crippen molar-refractivity contribution in [1.29, 1.82) is 0 Å². The summed E-state index contributed by atoms with van der Waals surface area (Å²) in [5.74, 6) is 0.696. The minimum atomic E-state index is -0.662. The Morgan fingerprint density at radius 3 is 2.83 bits per heavy atom. The van der Waals surface area contributed by atoms with Crippen molar-refractivity contribution in [3.63, 3.8) is 0 Å². The highest BCUT2D eigenvalue weighted by atomic mass is 16.5. The fraction of sp³-hybridized carbons (Fsp3) is 0.190. The Balaban J connectivity index is 1.73. The summed E-state index contributed by atoms with van der Waals surface area (Å²) in [4.78, 5) is 0. The van der Waals surface area contributed by atoms with Gasteiger partial charge < -0.3 is 15.5 Å². The Morgan fingerprint density at radius 1 is 1.24 bits per heavy atom. The minimum Gasteiger partial charge on any atom is -0.491 e. The van der Waals surface area contributed by atoms with E-state index in [1.165, 1.54) is 0 Å². The summed E-state index contributed by atoms with van der Waals surface area (Å²) < 4.78 is 7.90. The number of anilines is 1. The molecule has 1 saturated carbocycles. The highest BCUT2D eigenvalue weighted by Gasteiger charge is 2.27. The van der Waals surface area contributed by atoms with Crippen LogP contribution in [0.25, 0.3) is 27.7 Å². The molecule has 0 bridgehead atoms. The Labute approximate surface area is 168 Å². The van der Waals surface area contributed by atoms with Gasteiger partial charge in [-0.2, -0.15) is 15.3 Å². The van der Waals surface area contributed by atoms with Gasteiger partial charge in [-0.1, -0.05) is 19.0 Å². The number of nitrogens with two attached hydrogens (primary N) is 1. The molecule has 8 heteroatoms. The average molecular weight is 385 g/mol. The van der Waals surface area contributed by atoms with Gasteiger partial charge in [0.2, 0.25) is 0 Å². The zero-order chi connectivity index (χ0) is 20.0. The first kappa shape index (κ1) is 17.7. The van der Waals surface area contributed by atoms with Gasteiger partial charge in [0.15, 0.2) is 0 Å². The number of benzene rings is 2. The summed E-state index contributed by atoms with van der Waals surface area (Å²) in [7, 11) is 0. The van der Waals surface area contributed by atoms with Gasteiger partial charge in [0.05, 0.1) is 29.2 Å². The molecule has 29 heavy (non-hydrogen) atoms. The Kier molecular flexibility index (Phi) is 4.21. The van der Waals surface area contributed by atoms with Crippen LogP contribution in [0.4, 0.5) is 5.69 Å². The van der Waals surface area contributed by atoms with Gasteiger partial charge in [-0.25, -0.2) is 4.68 Å². The van der Waals surface area contributed by atoms with Crippen LogP contribution >= 0.6 is 0 Å². The molecule has 144 valence electrons. The SMILES string of the molecule is CB(O)c1cc(-c2ccc3c(N)cnnc3c2)c(-n2cccn2)cc1OC1CC1. The Bertz CT molecular complexity index is 1190. The first-order valence-corrected chi connectivity index (χ1v) is 9.64. The van der Waals surface area contributed by atoms with Gasteiger partial charge in [0, 0.05) is 29.4 Å². The van der Waals surface area contributed by atoms with Gasteiger partial charge in [-0.05, 0) is 42.1 Å². The van der Waals surface area contributed by atoms with Crippen LogP contribution in [-0.4, -0.2) is 38.0 Å². The highest BCUT2D eigenvalue weighted by Crippen LogP contribution is 2.34. The van der Waals surface area contributed by atoms with E-state index >= 15 is 0 Å². The van der Waals surface area contributed by atoms with Crippen LogP contribution < -0.4 is 15.9 Å². The van der Waals surface area contributed by atoms with Crippen molar-refractivity contribution in [2.75, 3.05) is 5.73 Å². The summed E-state index contributed by atoms with van der Waals surface area (Å²) in [6.07, 6.45) is 7.49. The molecule has 2 aromatic carbocycles. The zero-order valence-corrected chi connectivity index (χ0v) is 16.0. The van der Waals surface area contributed by atoms with Crippen molar-refractivity contribution < 1.29 is 9.76 Å². The monoisotopic (exact) mass is 385 g/mol. The molecule has 7 nitrogen and oxygen atoms in total. The molecule has 1 aliphatic carbocycles. The molecule has 5 rings (SSSR count). The number of rotatable bonds is 5. The van der Waals surface area contributed by atoms with Crippen LogP contribution in [0.3, 0.4) is 0 Å². The third-order valence-electron chi connectivity index (χ3n) is 5.13. The topological polar surface area (TPSA) is 99.1 Å². The Hall–Kier alpha value is -3.39. The Morgan fingerprint density at radius 2 is 2.10 bits per heavy atom. The number of ether oxygens (including phenoxy) is 1. The molecular formula is C21H20BN5O2. The van der Waals surface area contributed by atoms with Crippen LogP contribution in [-0.2, 0) is 0 Å². The van der Waals surface area contributed by atoms with Gasteiger partial charge >= 0.3 is 6.92 Å². The first-order valence-electron chi connectivity index (χ1n) is 9.64. The molecule has 0 unspecified atom stereocenters. The molecule has 0 atom stereocenters. The van der Waals surface area contributed by atoms with E-state index in [1.54, 1.807) is 23.9 Å². The molecule has 1 fully saturated rings. The standard InChI is InChI=1S/C21H20BN5O2/c1-22(28)17-10-16(13-3-6-15-18(23)12-24-26-19(15)9-13)20(27-8-2-7-25-27)11-21(17)29-14-4-5-14/h2-3,6-12,14,28H,4-5H2,1H3,(H2,23,26). The molecule has 4 aromatic rings. The second kappa shape index (κ2) is 6.90. The van der Waals surface area contributed by atoms with Crippen molar-refractivity contribution in [2.24, 2.45) is 0 Å². The highest BCUT2D eigenvalue weighted by molar-refractivity contribution is 6.66. The molecule has 2 aromatic heterocycles. The predicted octanol–water partition coefficient (Wildman–Crippen LogP) is 2.43. The van der Waals surface area contributed by atoms with Gasteiger partial charge in [0.25, 0.3) is 0 Å². The third kappa shape index (κ3) is 3.32. The molecule has 3 N–H and O–H groups in total. The molecule has 0 spiro atoms. The van der Waals surface area contributed by atoms with Crippen molar-refractivity contribution in [3.05, 3.63) is 55.0 Å². The molecule has 0 saturated heterocycles. The lowest BCUT2D eigenvalue weighted by Gasteiger charge is -2.18. The van der Waals surface area contributed by atoms with Gasteiger partial charge in [-0.15, -0.1) is 0 Å². The molecule has 0 amide bonds. The van der Waals surface area contributed by atoms with Crippen LogP contribution in [0.15, 0.2) is 55.0 Å². The molecular weight excluding hydrogens is 365 g/mol. The average Bonchev–Trinajstić information content (AvgIpc) is 3.36. The van der Waals surface area contributed by atoms with E-state index in [0.717, 1.165) is 40.5 Å². The molecule has 0 radical (unpaired) electrons. The second-order valence-corrected chi connectivity index (χ2v) is 7.38. The third-order valence-corrected chi connectivity index (χ3v) is 5.13. The van der Waals surface area contributed by atoms with E-state index in [-0.39, 0.29) is 6.10 Å². The lowest BCUT2D eigenvalue weighted by atomic mass is 9.63. The van der Waals surface area contributed by atoms with E-state index in [1.807, 2.05) is 42.6 Å². The number of hydrogen-bond acceptors (Lipinski definition) is 6. The molecule has 0 aliphatic heterocycles. The summed E-state index contributed by atoms with van der Waals surface area (Å²) >= 11 is 0. The smallest absolute Gasteiger partial charge is 0.324 e. The van der Waals surface area contributed by atoms with E-state index in [0.29, 0.717) is 17.0 Å². The van der Waals surface area contributed by atoms with Gasteiger partial charge in [0.1, 0.15) is 5.75 Å². The van der Waals surface area contributed by atoms with Crippen LogP contribution in [0.1, 0.15) is 12.8 Å². The molecule has 1 aliphatic rings. The maximum atomic E-state index is 10.4. The first-order chi connectivity index (χ1) is 14.1. The quantitative estimate of drug-likeness (QED) is 0.512. The van der Waals surface area contributed by atoms with Crippen LogP contribution in [0.2, 0.25) is 6.82 Å².